The highest BCUT2D eigenvalue weighted by molar-refractivity contribution is 14.1. The number of aryl methyl sites for hydroxylation is 1. The number of nitro groups is 1. The summed E-state index contributed by atoms with van der Waals surface area (Å²) in [6, 6.07) is 10.3. The van der Waals surface area contributed by atoms with Crippen LogP contribution in [0.1, 0.15) is 15.9 Å². The number of amides is 1. The van der Waals surface area contributed by atoms with E-state index in [1.54, 1.807) is 12.1 Å². The number of anilines is 2. The molecule has 26 heavy (non-hydrogen) atoms. The number of morpholine rings is 1. The van der Waals surface area contributed by atoms with Crippen molar-refractivity contribution in [2.24, 2.45) is 0 Å². The molecule has 3 rings (SSSR count). The average Bonchev–Trinajstić information content (AvgIpc) is 2.64. The number of ether oxygens (including phenoxy) is 1. The van der Waals surface area contributed by atoms with Gasteiger partial charge in [0, 0.05) is 34.0 Å². The van der Waals surface area contributed by atoms with E-state index in [1.165, 1.54) is 6.07 Å². The van der Waals surface area contributed by atoms with Crippen molar-refractivity contribution in [1.82, 2.24) is 0 Å². The molecule has 0 spiro atoms. The number of rotatable bonds is 4. The summed E-state index contributed by atoms with van der Waals surface area (Å²) in [7, 11) is 0. The van der Waals surface area contributed by atoms with Gasteiger partial charge in [-0.15, -0.1) is 0 Å². The van der Waals surface area contributed by atoms with Crippen molar-refractivity contribution in [1.29, 1.82) is 0 Å². The van der Waals surface area contributed by atoms with Crippen molar-refractivity contribution in [3.05, 3.63) is 61.2 Å². The molecule has 1 amide bonds. The zero-order valence-corrected chi connectivity index (χ0v) is 16.4. The fraction of sp³-hybridized carbons (Fsp3) is 0.278. The van der Waals surface area contributed by atoms with E-state index in [0.29, 0.717) is 37.7 Å². The van der Waals surface area contributed by atoms with Gasteiger partial charge in [0.25, 0.3) is 11.6 Å². The summed E-state index contributed by atoms with van der Waals surface area (Å²) in [6.07, 6.45) is 0. The van der Waals surface area contributed by atoms with Crippen LogP contribution in [-0.2, 0) is 4.74 Å². The summed E-state index contributed by atoms with van der Waals surface area (Å²) in [6.45, 7) is 4.15. The van der Waals surface area contributed by atoms with E-state index in [1.807, 2.05) is 30.0 Å². The Kier molecular flexibility index (Phi) is 5.72. The third kappa shape index (κ3) is 4.13. The zero-order valence-electron chi connectivity index (χ0n) is 14.2. The van der Waals surface area contributed by atoms with Gasteiger partial charge >= 0.3 is 0 Å². The Morgan fingerprint density at radius 1 is 1.23 bits per heavy atom. The van der Waals surface area contributed by atoms with Gasteiger partial charge in [0.2, 0.25) is 0 Å². The Labute approximate surface area is 164 Å². The minimum atomic E-state index is -0.447. The quantitative estimate of drug-likeness (QED) is 0.422. The zero-order chi connectivity index (χ0) is 18.7. The smallest absolute Gasteiger partial charge is 0.293 e. The highest BCUT2D eigenvalue weighted by Gasteiger charge is 2.23. The number of benzene rings is 2. The SMILES string of the molecule is Cc1cc(I)ccc1NC(=O)c1ccc(N2CCOCC2)c([N+](=O)[O-])c1. The molecule has 0 aromatic heterocycles. The Balaban J connectivity index is 1.86. The van der Waals surface area contributed by atoms with Gasteiger partial charge in [-0.2, -0.15) is 0 Å². The van der Waals surface area contributed by atoms with E-state index in [4.69, 9.17) is 4.74 Å². The highest BCUT2D eigenvalue weighted by atomic mass is 127. The van der Waals surface area contributed by atoms with Crippen molar-refractivity contribution in [3.63, 3.8) is 0 Å². The number of halogens is 1. The van der Waals surface area contributed by atoms with Crippen LogP contribution in [0.4, 0.5) is 17.1 Å². The largest absolute Gasteiger partial charge is 0.378 e. The molecular weight excluding hydrogens is 449 g/mol. The highest BCUT2D eigenvalue weighted by Crippen LogP contribution is 2.30. The van der Waals surface area contributed by atoms with Crippen LogP contribution in [0.3, 0.4) is 0 Å². The standard InChI is InChI=1S/C18H18IN3O4/c1-12-10-14(19)3-4-15(12)20-18(23)13-2-5-16(17(11-13)22(24)25)21-6-8-26-9-7-21/h2-5,10-11H,6-9H2,1H3,(H,20,23). The van der Waals surface area contributed by atoms with E-state index >= 15 is 0 Å². The van der Waals surface area contributed by atoms with Gasteiger partial charge in [-0.25, -0.2) is 0 Å². The molecule has 0 aliphatic carbocycles. The molecule has 0 radical (unpaired) electrons. The first kappa shape index (κ1) is 18.6. The molecule has 136 valence electrons. The van der Waals surface area contributed by atoms with E-state index < -0.39 is 4.92 Å². The normalized spacial score (nSPS) is 14.2. The number of nitrogens with one attached hydrogen (secondary N) is 1. The van der Waals surface area contributed by atoms with Crippen LogP contribution < -0.4 is 10.2 Å². The Morgan fingerprint density at radius 2 is 1.96 bits per heavy atom. The van der Waals surface area contributed by atoms with Crippen molar-refractivity contribution in [2.75, 3.05) is 36.5 Å². The number of carbonyl (C=O) groups excluding carboxylic acids is 1. The van der Waals surface area contributed by atoms with E-state index in [0.717, 1.165) is 9.13 Å². The first-order valence-corrected chi connectivity index (χ1v) is 9.22. The summed E-state index contributed by atoms with van der Waals surface area (Å²) >= 11 is 2.20. The molecule has 1 fully saturated rings. The Bertz CT molecular complexity index is 850. The van der Waals surface area contributed by atoms with Gasteiger partial charge in [0.15, 0.2) is 0 Å². The van der Waals surface area contributed by atoms with Crippen LogP contribution in [0.2, 0.25) is 0 Å². The number of nitrogens with zero attached hydrogens (tertiary/aromatic N) is 2. The minimum absolute atomic E-state index is 0.0705. The fourth-order valence-electron chi connectivity index (χ4n) is 2.84. The molecule has 8 heteroatoms. The van der Waals surface area contributed by atoms with E-state index in [2.05, 4.69) is 27.9 Å². The van der Waals surface area contributed by atoms with Crippen LogP contribution in [-0.4, -0.2) is 37.1 Å². The van der Waals surface area contributed by atoms with Crippen molar-refractivity contribution < 1.29 is 14.5 Å². The van der Waals surface area contributed by atoms with Crippen LogP contribution >= 0.6 is 22.6 Å². The maximum Gasteiger partial charge on any atom is 0.293 e. The van der Waals surface area contributed by atoms with Gasteiger partial charge in [-0.3, -0.25) is 14.9 Å². The van der Waals surface area contributed by atoms with Crippen LogP contribution in [0.5, 0.6) is 0 Å². The first-order chi connectivity index (χ1) is 12.5. The van der Waals surface area contributed by atoms with Gasteiger partial charge in [0.05, 0.1) is 18.1 Å². The molecule has 1 aliphatic rings. The monoisotopic (exact) mass is 467 g/mol. The summed E-state index contributed by atoms with van der Waals surface area (Å²) in [5.74, 6) is -0.370. The van der Waals surface area contributed by atoms with Crippen LogP contribution in [0, 0.1) is 20.6 Å². The molecule has 1 heterocycles. The average molecular weight is 467 g/mol. The molecule has 0 atom stereocenters. The number of hydrogen-bond donors (Lipinski definition) is 1. The topological polar surface area (TPSA) is 84.7 Å². The summed E-state index contributed by atoms with van der Waals surface area (Å²) < 4.78 is 6.37. The lowest BCUT2D eigenvalue weighted by molar-refractivity contribution is -0.384. The van der Waals surface area contributed by atoms with Crippen LogP contribution in [0.15, 0.2) is 36.4 Å². The van der Waals surface area contributed by atoms with E-state index in [-0.39, 0.29) is 17.2 Å². The lowest BCUT2D eigenvalue weighted by Crippen LogP contribution is -2.36. The molecule has 1 aliphatic heterocycles. The number of hydrogen-bond acceptors (Lipinski definition) is 5. The molecule has 2 aromatic rings. The molecule has 0 unspecified atom stereocenters. The Hall–Kier alpha value is -2.20. The molecule has 1 N–H and O–H groups in total. The molecule has 0 bridgehead atoms. The summed E-state index contributed by atoms with van der Waals surface area (Å²) in [4.78, 5) is 25.5. The van der Waals surface area contributed by atoms with Crippen molar-refractivity contribution in [2.45, 2.75) is 6.92 Å². The maximum absolute atomic E-state index is 12.5. The lowest BCUT2D eigenvalue weighted by Gasteiger charge is -2.28. The third-order valence-corrected chi connectivity index (χ3v) is 4.89. The second-order valence-corrected chi connectivity index (χ2v) is 7.22. The minimum Gasteiger partial charge on any atom is -0.378 e. The second-order valence-electron chi connectivity index (χ2n) is 5.97. The van der Waals surface area contributed by atoms with Gasteiger partial charge in [-0.05, 0) is 65.4 Å². The van der Waals surface area contributed by atoms with E-state index in [9.17, 15) is 14.9 Å². The number of carbonyl (C=O) groups is 1. The molecule has 0 saturated carbocycles. The fourth-order valence-corrected chi connectivity index (χ4v) is 3.49. The molecule has 1 saturated heterocycles. The van der Waals surface area contributed by atoms with Crippen LogP contribution in [0.25, 0.3) is 0 Å². The van der Waals surface area contributed by atoms with Crippen molar-refractivity contribution in [3.8, 4) is 0 Å². The first-order valence-electron chi connectivity index (χ1n) is 8.14. The van der Waals surface area contributed by atoms with Gasteiger partial charge < -0.3 is 15.0 Å². The number of nitro benzene ring substituents is 1. The summed E-state index contributed by atoms with van der Waals surface area (Å²) in [5, 5.41) is 14.3. The maximum atomic E-state index is 12.5. The molecular formula is C18H18IN3O4. The predicted molar refractivity (Wildman–Crippen MR) is 108 cm³/mol. The lowest BCUT2D eigenvalue weighted by atomic mass is 10.1. The van der Waals surface area contributed by atoms with Gasteiger partial charge in [0.1, 0.15) is 5.69 Å². The molecule has 7 nitrogen and oxygen atoms in total. The molecule has 2 aromatic carbocycles. The third-order valence-electron chi connectivity index (χ3n) is 4.22. The second kappa shape index (κ2) is 8.00. The van der Waals surface area contributed by atoms with Gasteiger partial charge in [-0.1, -0.05) is 0 Å². The summed E-state index contributed by atoms with van der Waals surface area (Å²) in [5.41, 5.74) is 2.32. The predicted octanol–water partition coefficient (Wildman–Crippen LogP) is 3.60. The van der Waals surface area contributed by atoms with Crippen molar-refractivity contribution >= 4 is 45.6 Å². The Morgan fingerprint density at radius 3 is 2.62 bits per heavy atom.